The van der Waals surface area contributed by atoms with E-state index < -0.39 is 22.0 Å². The SMILES string of the molecule is COC(=O)C1Cc2ncn(Cc3ccccc3)c2CN1S(=O)(=O)c1ccccc1. The van der Waals surface area contributed by atoms with Crippen molar-refractivity contribution in [2.24, 2.45) is 0 Å². The van der Waals surface area contributed by atoms with Gasteiger partial charge in [0.15, 0.2) is 0 Å². The maximum absolute atomic E-state index is 13.3. The van der Waals surface area contributed by atoms with E-state index in [9.17, 15) is 13.2 Å². The molecule has 0 saturated carbocycles. The highest BCUT2D eigenvalue weighted by molar-refractivity contribution is 7.89. The van der Waals surface area contributed by atoms with Gasteiger partial charge in [-0.3, -0.25) is 4.79 Å². The van der Waals surface area contributed by atoms with Gasteiger partial charge < -0.3 is 9.30 Å². The van der Waals surface area contributed by atoms with Crippen molar-refractivity contribution >= 4 is 16.0 Å². The molecule has 3 aromatic rings. The molecule has 0 N–H and O–H groups in total. The number of nitrogens with zero attached hydrogens (tertiary/aromatic N) is 3. The lowest BCUT2D eigenvalue weighted by Crippen LogP contribution is -2.49. The molecule has 150 valence electrons. The zero-order chi connectivity index (χ0) is 20.4. The molecule has 0 amide bonds. The molecular formula is C21H21N3O4S. The number of methoxy groups -OCH3 is 1. The van der Waals surface area contributed by atoms with Crippen molar-refractivity contribution in [3.63, 3.8) is 0 Å². The molecule has 0 fully saturated rings. The first-order valence-corrected chi connectivity index (χ1v) is 10.7. The Balaban J connectivity index is 1.73. The number of fused-ring (bicyclic) bond motifs is 1. The number of aromatic nitrogens is 2. The summed E-state index contributed by atoms with van der Waals surface area (Å²) >= 11 is 0. The van der Waals surface area contributed by atoms with E-state index in [0.717, 1.165) is 17.0 Å². The van der Waals surface area contributed by atoms with Crippen molar-refractivity contribution in [3.8, 4) is 0 Å². The van der Waals surface area contributed by atoms with Crippen molar-refractivity contribution < 1.29 is 17.9 Å². The first kappa shape index (κ1) is 19.4. The third-order valence-corrected chi connectivity index (χ3v) is 6.96. The largest absolute Gasteiger partial charge is 0.468 e. The molecule has 8 heteroatoms. The van der Waals surface area contributed by atoms with Crippen LogP contribution in [0.2, 0.25) is 0 Å². The van der Waals surface area contributed by atoms with E-state index in [4.69, 9.17) is 4.74 Å². The molecule has 2 aromatic carbocycles. The quantitative estimate of drug-likeness (QED) is 0.602. The lowest BCUT2D eigenvalue weighted by Gasteiger charge is -2.33. The minimum atomic E-state index is -3.89. The van der Waals surface area contributed by atoms with Gasteiger partial charge in [0.1, 0.15) is 6.04 Å². The number of hydrogen-bond donors (Lipinski definition) is 0. The van der Waals surface area contributed by atoms with Crippen LogP contribution in [0.1, 0.15) is 17.0 Å². The van der Waals surface area contributed by atoms with Gasteiger partial charge in [-0.1, -0.05) is 48.5 Å². The number of rotatable bonds is 5. The third kappa shape index (κ3) is 3.68. The van der Waals surface area contributed by atoms with Gasteiger partial charge in [0.25, 0.3) is 0 Å². The van der Waals surface area contributed by atoms with E-state index in [0.29, 0.717) is 6.54 Å². The molecule has 2 heterocycles. The van der Waals surface area contributed by atoms with E-state index in [1.54, 1.807) is 24.5 Å². The Bertz CT molecular complexity index is 1110. The van der Waals surface area contributed by atoms with Gasteiger partial charge in [0.2, 0.25) is 10.0 Å². The maximum atomic E-state index is 13.3. The summed E-state index contributed by atoms with van der Waals surface area (Å²) in [4.78, 5) is 17.0. The molecule has 0 bridgehead atoms. The number of ether oxygens (including phenoxy) is 1. The van der Waals surface area contributed by atoms with Crippen LogP contribution in [0.15, 0.2) is 71.9 Å². The zero-order valence-electron chi connectivity index (χ0n) is 15.9. The predicted octanol–water partition coefficient (Wildman–Crippen LogP) is 2.22. The summed E-state index contributed by atoms with van der Waals surface area (Å²) < 4.78 is 34.7. The van der Waals surface area contributed by atoms with Crippen LogP contribution in [0, 0.1) is 0 Å². The van der Waals surface area contributed by atoms with Crippen molar-refractivity contribution in [2.75, 3.05) is 7.11 Å². The van der Waals surface area contributed by atoms with Crippen molar-refractivity contribution in [3.05, 3.63) is 83.9 Å². The summed E-state index contributed by atoms with van der Waals surface area (Å²) in [6.07, 6.45) is 1.88. The molecule has 1 unspecified atom stereocenters. The standard InChI is InChI=1S/C21H21N3O4S/c1-28-21(25)19-12-18-20(23(15-22-18)13-16-8-4-2-5-9-16)14-24(19)29(26,27)17-10-6-3-7-11-17/h2-11,15,19H,12-14H2,1H3. The van der Waals surface area contributed by atoms with Crippen LogP contribution in [0.25, 0.3) is 0 Å². The van der Waals surface area contributed by atoms with E-state index >= 15 is 0 Å². The smallest absolute Gasteiger partial charge is 0.324 e. The summed E-state index contributed by atoms with van der Waals surface area (Å²) in [5, 5.41) is 0. The summed E-state index contributed by atoms with van der Waals surface area (Å²) in [6, 6.07) is 17.1. The highest BCUT2D eigenvalue weighted by atomic mass is 32.2. The maximum Gasteiger partial charge on any atom is 0.324 e. The number of hydrogen-bond acceptors (Lipinski definition) is 5. The van der Waals surface area contributed by atoms with Crippen molar-refractivity contribution in [2.45, 2.75) is 30.4 Å². The fraction of sp³-hybridized carbons (Fsp3) is 0.238. The normalized spacial score (nSPS) is 16.9. The minimum Gasteiger partial charge on any atom is -0.468 e. The van der Waals surface area contributed by atoms with Crippen LogP contribution in [0.3, 0.4) is 0 Å². The summed E-state index contributed by atoms with van der Waals surface area (Å²) in [6.45, 7) is 0.629. The van der Waals surface area contributed by atoms with Gasteiger partial charge in [-0.05, 0) is 17.7 Å². The molecule has 7 nitrogen and oxygen atoms in total. The van der Waals surface area contributed by atoms with Crippen LogP contribution in [-0.2, 0) is 39.1 Å². The lowest BCUT2D eigenvalue weighted by atomic mass is 10.1. The van der Waals surface area contributed by atoms with Crippen LogP contribution in [-0.4, -0.2) is 41.4 Å². The summed E-state index contributed by atoms with van der Waals surface area (Å²) in [7, 11) is -2.62. The highest BCUT2D eigenvalue weighted by Crippen LogP contribution is 2.29. The average molecular weight is 411 g/mol. The Kier molecular flexibility index (Phi) is 5.21. The van der Waals surface area contributed by atoms with E-state index in [1.807, 2.05) is 34.9 Å². The Hall–Kier alpha value is -2.97. The average Bonchev–Trinajstić information content (AvgIpc) is 3.15. The van der Waals surface area contributed by atoms with E-state index in [-0.39, 0.29) is 17.9 Å². The Labute approximate surface area is 169 Å². The Morgan fingerprint density at radius 1 is 1.10 bits per heavy atom. The van der Waals surface area contributed by atoms with Crippen molar-refractivity contribution in [1.82, 2.24) is 13.9 Å². The van der Waals surface area contributed by atoms with Crippen LogP contribution in [0.4, 0.5) is 0 Å². The van der Waals surface area contributed by atoms with Gasteiger partial charge in [-0.15, -0.1) is 0 Å². The molecule has 1 atom stereocenters. The predicted molar refractivity (Wildman–Crippen MR) is 106 cm³/mol. The first-order valence-electron chi connectivity index (χ1n) is 9.22. The summed E-state index contributed by atoms with van der Waals surface area (Å²) in [5.74, 6) is -0.590. The molecule has 1 aliphatic heterocycles. The minimum absolute atomic E-state index is 0.0547. The lowest BCUT2D eigenvalue weighted by molar-refractivity contribution is -0.145. The van der Waals surface area contributed by atoms with Gasteiger partial charge >= 0.3 is 5.97 Å². The zero-order valence-corrected chi connectivity index (χ0v) is 16.7. The number of esters is 1. The van der Waals surface area contributed by atoms with Gasteiger partial charge in [-0.2, -0.15) is 4.31 Å². The fourth-order valence-electron chi connectivity index (χ4n) is 3.58. The molecule has 29 heavy (non-hydrogen) atoms. The third-order valence-electron chi connectivity index (χ3n) is 5.09. The van der Waals surface area contributed by atoms with E-state index in [1.165, 1.54) is 23.5 Å². The van der Waals surface area contributed by atoms with Gasteiger partial charge in [0.05, 0.1) is 36.3 Å². The molecule has 0 saturated heterocycles. The number of imidazole rings is 1. The van der Waals surface area contributed by atoms with Gasteiger partial charge in [0, 0.05) is 13.0 Å². The second-order valence-electron chi connectivity index (χ2n) is 6.86. The topological polar surface area (TPSA) is 81.5 Å². The number of sulfonamides is 1. The molecular weight excluding hydrogens is 390 g/mol. The van der Waals surface area contributed by atoms with E-state index in [2.05, 4.69) is 4.98 Å². The number of carbonyl (C=O) groups excluding carboxylic acids is 1. The molecule has 1 aliphatic rings. The number of carbonyl (C=O) groups is 1. The molecule has 0 spiro atoms. The second-order valence-corrected chi connectivity index (χ2v) is 8.75. The molecule has 4 rings (SSSR count). The van der Waals surface area contributed by atoms with Crippen molar-refractivity contribution in [1.29, 1.82) is 0 Å². The van der Waals surface area contributed by atoms with Gasteiger partial charge in [-0.25, -0.2) is 13.4 Å². The fourth-order valence-corrected chi connectivity index (χ4v) is 5.14. The van der Waals surface area contributed by atoms with Crippen LogP contribution < -0.4 is 0 Å². The van der Waals surface area contributed by atoms with Crippen LogP contribution >= 0.6 is 0 Å². The Morgan fingerprint density at radius 2 is 1.76 bits per heavy atom. The van der Waals surface area contributed by atoms with Crippen LogP contribution in [0.5, 0.6) is 0 Å². The second kappa shape index (κ2) is 7.81. The highest BCUT2D eigenvalue weighted by Gasteiger charge is 2.42. The monoisotopic (exact) mass is 411 g/mol. The molecule has 0 radical (unpaired) electrons. The molecule has 0 aliphatic carbocycles. The summed E-state index contributed by atoms with van der Waals surface area (Å²) in [5.41, 5.74) is 2.59. The Morgan fingerprint density at radius 3 is 2.41 bits per heavy atom. The first-order chi connectivity index (χ1) is 14.0. The molecule has 1 aromatic heterocycles. The number of benzene rings is 2.